The van der Waals surface area contributed by atoms with Gasteiger partial charge in [0.2, 0.25) is 0 Å². The molecule has 0 radical (unpaired) electrons. The molecule has 0 aromatic heterocycles. The lowest BCUT2D eigenvalue weighted by molar-refractivity contribution is -0.676. The van der Waals surface area contributed by atoms with E-state index in [-0.39, 0.29) is 11.9 Å². The number of hydrogen-bond acceptors (Lipinski definition) is 1. The van der Waals surface area contributed by atoms with E-state index < -0.39 is 0 Å². The summed E-state index contributed by atoms with van der Waals surface area (Å²) in [7, 11) is 1.83. The van der Waals surface area contributed by atoms with Crippen LogP contribution in [0.1, 0.15) is 22.7 Å². The first-order valence-electron chi connectivity index (χ1n) is 8.91. The van der Waals surface area contributed by atoms with Gasteiger partial charge in [-0.2, -0.15) is 0 Å². The molecule has 3 aromatic carbocycles. The van der Waals surface area contributed by atoms with Gasteiger partial charge < -0.3 is 10.2 Å². The van der Waals surface area contributed by atoms with Crippen LogP contribution >= 0.6 is 0 Å². The average molecular weight is 345 g/mol. The van der Waals surface area contributed by atoms with Crippen LogP contribution in [0.4, 0.5) is 5.69 Å². The Hall–Kier alpha value is -2.91. The number of likely N-dealkylation sites (N-methyl/N-ethyl adjacent to an activating group) is 1. The van der Waals surface area contributed by atoms with Gasteiger partial charge >= 0.3 is 0 Å². The predicted octanol–water partition coefficient (Wildman–Crippen LogP) is 3.31. The molecule has 3 nitrogen and oxygen atoms in total. The summed E-state index contributed by atoms with van der Waals surface area (Å²) < 4.78 is 0. The van der Waals surface area contributed by atoms with Crippen molar-refractivity contribution in [3.63, 3.8) is 0 Å². The molecule has 2 N–H and O–H groups in total. The fraction of sp³-hybridized carbons (Fsp3) is 0.174. The van der Waals surface area contributed by atoms with Gasteiger partial charge in [-0.3, -0.25) is 4.79 Å². The Kier molecular flexibility index (Phi) is 5.82. The van der Waals surface area contributed by atoms with Crippen LogP contribution in [0.25, 0.3) is 0 Å². The Balaban J connectivity index is 1.76. The maximum atomic E-state index is 12.7. The Labute approximate surface area is 155 Å². The van der Waals surface area contributed by atoms with E-state index in [0.29, 0.717) is 6.54 Å². The standard InChI is InChI=1S/C23H24N2O/c1-18-13-15-20(16-14-18)23(19-9-5-3-6-10-19)24-17-22(26)25(2)21-11-7-4-8-12-21/h3-16,23-24H,17H2,1-2H3/p+1/t23-/m0/s1. The minimum atomic E-state index is 0.0873. The highest BCUT2D eigenvalue weighted by Gasteiger charge is 2.20. The number of nitrogens with two attached hydrogens (primary N) is 1. The van der Waals surface area contributed by atoms with Gasteiger partial charge in [0, 0.05) is 23.9 Å². The minimum absolute atomic E-state index is 0.0873. The van der Waals surface area contributed by atoms with E-state index in [1.165, 1.54) is 16.7 Å². The van der Waals surface area contributed by atoms with Crippen LogP contribution in [-0.4, -0.2) is 19.5 Å². The van der Waals surface area contributed by atoms with Crippen LogP contribution < -0.4 is 10.2 Å². The first kappa shape index (κ1) is 17.9. The number of amides is 1. The Morgan fingerprint density at radius 3 is 2.00 bits per heavy atom. The Bertz CT molecular complexity index is 829. The van der Waals surface area contributed by atoms with E-state index in [9.17, 15) is 4.79 Å². The van der Waals surface area contributed by atoms with Crippen molar-refractivity contribution in [3.8, 4) is 0 Å². The topological polar surface area (TPSA) is 36.9 Å². The second-order valence-corrected chi connectivity index (χ2v) is 6.53. The molecule has 3 rings (SSSR count). The highest BCUT2D eigenvalue weighted by molar-refractivity contribution is 5.93. The van der Waals surface area contributed by atoms with Crippen molar-refractivity contribution in [2.75, 3.05) is 18.5 Å². The molecule has 26 heavy (non-hydrogen) atoms. The van der Waals surface area contributed by atoms with Gasteiger partial charge in [-0.25, -0.2) is 0 Å². The molecule has 1 amide bonds. The lowest BCUT2D eigenvalue weighted by atomic mass is 9.98. The fourth-order valence-corrected chi connectivity index (χ4v) is 3.05. The second kappa shape index (κ2) is 8.45. The van der Waals surface area contributed by atoms with Crippen LogP contribution in [0.15, 0.2) is 84.9 Å². The molecule has 132 valence electrons. The highest BCUT2D eigenvalue weighted by atomic mass is 16.2. The monoisotopic (exact) mass is 345 g/mol. The van der Waals surface area contributed by atoms with Crippen LogP contribution in [-0.2, 0) is 4.79 Å². The fourth-order valence-electron chi connectivity index (χ4n) is 3.05. The molecule has 0 aliphatic carbocycles. The van der Waals surface area contributed by atoms with Crippen molar-refractivity contribution in [2.45, 2.75) is 13.0 Å². The van der Waals surface area contributed by atoms with Gasteiger partial charge in [-0.15, -0.1) is 0 Å². The predicted molar refractivity (Wildman–Crippen MR) is 106 cm³/mol. The summed E-state index contributed by atoms with van der Waals surface area (Å²) in [4.78, 5) is 14.4. The Morgan fingerprint density at radius 2 is 1.38 bits per heavy atom. The molecule has 0 spiro atoms. The van der Waals surface area contributed by atoms with Crippen molar-refractivity contribution in [2.24, 2.45) is 0 Å². The van der Waals surface area contributed by atoms with E-state index >= 15 is 0 Å². The van der Waals surface area contributed by atoms with Crippen LogP contribution in [0.3, 0.4) is 0 Å². The summed E-state index contributed by atoms with van der Waals surface area (Å²) in [6.45, 7) is 2.47. The SMILES string of the molecule is Cc1ccc([C@@H]([NH2+]CC(=O)N(C)c2ccccc2)c2ccccc2)cc1. The zero-order valence-electron chi connectivity index (χ0n) is 15.3. The number of carbonyl (C=O) groups is 1. The number of rotatable bonds is 6. The molecule has 0 aliphatic heterocycles. The number of quaternary nitrogens is 1. The second-order valence-electron chi connectivity index (χ2n) is 6.53. The average Bonchev–Trinajstić information content (AvgIpc) is 2.70. The van der Waals surface area contributed by atoms with Gasteiger partial charge in [0.1, 0.15) is 6.04 Å². The zero-order valence-corrected chi connectivity index (χ0v) is 15.3. The van der Waals surface area contributed by atoms with Gasteiger partial charge in [0.25, 0.3) is 5.91 Å². The third kappa shape index (κ3) is 4.38. The molecule has 3 heteroatoms. The minimum Gasteiger partial charge on any atom is -0.328 e. The van der Waals surface area contributed by atoms with Gasteiger partial charge in [0.05, 0.1) is 0 Å². The third-order valence-corrected chi connectivity index (χ3v) is 4.64. The van der Waals surface area contributed by atoms with Gasteiger partial charge in [-0.1, -0.05) is 78.4 Å². The van der Waals surface area contributed by atoms with E-state index in [1.807, 2.05) is 55.6 Å². The molecular weight excluding hydrogens is 320 g/mol. The van der Waals surface area contributed by atoms with Crippen molar-refractivity contribution in [1.82, 2.24) is 0 Å². The van der Waals surface area contributed by atoms with Crippen LogP contribution in [0.5, 0.6) is 0 Å². The van der Waals surface area contributed by atoms with Crippen molar-refractivity contribution in [1.29, 1.82) is 0 Å². The van der Waals surface area contributed by atoms with E-state index in [0.717, 1.165) is 5.69 Å². The van der Waals surface area contributed by atoms with E-state index in [2.05, 4.69) is 48.6 Å². The number of nitrogens with zero attached hydrogens (tertiary/aromatic N) is 1. The molecule has 0 heterocycles. The zero-order chi connectivity index (χ0) is 18.4. The molecule has 1 atom stereocenters. The summed E-state index contributed by atoms with van der Waals surface area (Å²) in [5.41, 5.74) is 4.56. The van der Waals surface area contributed by atoms with Crippen LogP contribution in [0.2, 0.25) is 0 Å². The lowest BCUT2D eigenvalue weighted by Gasteiger charge is -2.20. The summed E-state index contributed by atoms with van der Waals surface area (Å²) in [6, 6.07) is 28.7. The first-order valence-corrected chi connectivity index (χ1v) is 8.91. The van der Waals surface area contributed by atoms with Crippen LogP contribution in [0, 0.1) is 6.92 Å². The largest absolute Gasteiger partial charge is 0.328 e. The van der Waals surface area contributed by atoms with Crippen molar-refractivity contribution >= 4 is 11.6 Å². The quantitative estimate of drug-likeness (QED) is 0.731. The number of anilines is 1. The number of aryl methyl sites for hydroxylation is 1. The molecule has 0 fully saturated rings. The Morgan fingerprint density at radius 1 is 0.846 bits per heavy atom. The molecular formula is C23H25N2O+. The molecule has 3 aromatic rings. The molecule has 0 aliphatic rings. The van der Waals surface area contributed by atoms with Gasteiger partial charge in [0.15, 0.2) is 6.54 Å². The van der Waals surface area contributed by atoms with Crippen molar-refractivity contribution < 1.29 is 10.1 Å². The summed E-state index contributed by atoms with van der Waals surface area (Å²) in [6.07, 6.45) is 0. The summed E-state index contributed by atoms with van der Waals surface area (Å²) >= 11 is 0. The lowest BCUT2D eigenvalue weighted by Crippen LogP contribution is -2.87. The summed E-state index contributed by atoms with van der Waals surface area (Å²) in [5.74, 6) is 0.0873. The molecule has 0 bridgehead atoms. The first-order chi connectivity index (χ1) is 12.6. The van der Waals surface area contributed by atoms with E-state index in [4.69, 9.17) is 0 Å². The molecule has 0 saturated heterocycles. The molecule has 0 unspecified atom stereocenters. The normalized spacial score (nSPS) is 11.8. The number of para-hydroxylation sites is 1. The maximum absolute atomic E-state index is 12.7. The van der Waals surface area contributed by atoms with E-state index in [1.54, 1.807) is 4.90 Å². The van der Waals surface area contributed by atoms with Crippen molar-refractivity contribution in [3.05, 3.63) is 102 Å². The van der Waals surface area contributed by atoms with Gasteiger partial charge in [-0.05, 0) is 19.1 Å². The number of hydrogen-bond donors (Lipinski definition) is 1. The third-order valence-electron chi connectivity index (χ3n) is 4.64. The smallest absolute Gasteiger partial charge is 0.281 e. The summed E-state index contributed by atoms with van der Waals surface area (Å²) in [5, 5.41) is 2.11. The number of benzene rings is 3. The highest BCUT2D eigenvalue weighted by Crippen LogP contribution is 2.18. The maximum Gasteiger partial charge on any atom is 0.281 e. The number of carbonyl (C=O) groups excluding carboxylic acids is 1. The molecule has 0 saturated carbocycles.